The van der Waals surface area contributed by atoms with Gasteiger partial charge in [0.1, 0.15) is 11.9 Å². The maximum Gasteiger partial charge on any atom is 0.256 e. The number of carbonyl (C=O) groups is 2. The quantitative estimate of drug-likeness (QED) is 0.325. The van der Waals surface area contributed by atoms with Crippen molar-refractivity contribution in [2.24, 2.45) is 5.41 Å². The Morgan fingerprint density at radius 3 is 2.43 bits per heavy atom. The zero-order chi connectivity index (χ0) is 32.2. The Morgan fingerprint density at radius 2 is 1.72 bits per heavy atom. The molecule has 8 nitrogen and oxygen atoms in total. The number of amides is 2. The third-order valence-corrected chi connectivity index (χ3v) is 12.5. The molecule has 3 fully saturated rings. The molecule has 2 saturated heterocycles. The van der Waals surface area contributed by atoms with Crippen LogP contribution in [0.25, 0.3) is 0 Å². The van der Waals surface area contributed by atoms with Gasteiger partial charge < -0.3 is 9.80 Å². The van der Waals surface area contributed by atoms with Crippen molar-refractivity contribution in [2.45, 2.75) is 61.9 Å². The third kappa shape index (κ3) is 5.48. The van der Waals surface area contributed by atoms with Gasteiger partial charge in [0.25, 0.3) is 11.8 Å². The molecule has 0 aromatic heterocycles. The summed E-state index contributed by atoms with van der Waals surface area (Å²) in [5.74, 6) is -0.868. The second-order valence-corrected chi connectivity index (χ2v) is 15.4. The standard InChI is InChI=1S/C35H34ClFN4O4S/c36-30-4-2-1-3-28(30)34(43)41(26-8-9-26)32-12-7-23-5-6-24(20-29(23)32)33(42)39-16-13-35(22-39)14-17-40(18-15-35)46(44,45)27-10-11-31(37)25(19-27)21-38/h1-6,10-11,19-20,26,32H,7-9,12-18,22H2. The van der Waals surface area contributed by atoms with E-state index in [4.69, 9.17) is 16.9 Å². The molecule has 2 heterocycles. The van der Waals surface area contributed by atoms with Gasteiger partial charge in [-0.2, -0.15) is 9.57 Å². The number of hydrogen-bond donors (Lipinski definition) is 0. The molecule has 2 aliphatic carbocycles. The fourth-order valence-electron chi connectivity index (χ4n) is 7.49. The van der Waals surface area contributed by atoms with Crippen molar-refractivity contribution in [3.63, 3.8) is 0 Å². The van der Waals surface area contributed by atoms with Crippen molar-refractivity contribution in [3.8, 4) is 6.07 Å². The van der Waals surface area contributed by atoms with E-state index in [9.17, 15) is 22.4 Å². The summed E-state index contributed by atoms with van der Waals surface area (Å²) in [6.07, 6.45) is 5.57. The number of nitriles is 1. The molecule has 3 aromatic rings. The molecule has 2 amide bonds. The first-order chi connectivity index (χ1) is 22.1. The van der Waals surface area contributed by atoms with Gasteiger partial charge in [0, 0.05) is 37.8 Å². The van der Waals surface area contributed by atoms with Crippen LogP contribution < -0.4 is 0 Å². The Labute approximate surface area is 273 Å². The number of sulfonamides is 1. The van der Waals surface area contributed by atoms with Crippen LogP contribution in [0.15, 0.2) is 65.6 Å². The van der Waals surface area contributed by atoms with Crippen LogP contribution in [0.1, 0.15) is 82.0 Å². The average Bonchev–Trinajstić information content (AvgIpc) is 3.69. The minimum absolute atomic E-state index is 0.0499. The molecule has 4 aliphatic rings. The zero-order valence-corrected chi connectivity index (χ0v) is 26.9. The van der Waals surface area contributed by atoms with Gasteiger partial charge in [-0.3, -0.25) is 9.59 Å². The number of hydrogen-bond acceptors (Lipinski definition) is 5. The highest BCUT2D eigenvalue weighted by Gasteiger charge is 2.45. The van der Waals surface area contributed by atoms with Gasteiger partial charge in [0.05, 0.1) is 27.1 Å². The summed E-state index contributed by atoms with van der Waals surface area (Å²) in [4.78, 5) is 31.4. The fourth-order valence-corrected chi connectivity index (χ4v) is 9.18. The first-order valence-electron chi connectivity index (χ1n) is 15.8. The van der Waals surface area contributed by atoms with Crippen LogP contribution in [0.4, 0.5) is 4.39 Å². The summed E-state index contributed by atoms with van der Waals surface area (Å²) < 4.78 is 41.8. The van der Waals surface area contributed by atoms with Crippen molar-refractivity contribution in [2.75, 3.05) is 26.2 Å². The molecule has 46 heavy (non-hydrogen) atoms. The van der Waals surface area contributed by atoms with Crippen LogP contribution in [-0.4, -0.2) is 66.6 Å². The largest absolute Gasteiger partial charge is 0.338 e. The first-order valence-corrected chi connectivity index (χ1v) is 17.6. The lowest BCUT2D eigenvalue weighted by Crippen LogP contribution is -2.44. The Bertz CT molecular complexity index is 1880. The van der Waals surface area contributed by atoms with E-state index >= 15 is 0 Å². The molecule has 1 saturated carbocycles. The minimum atomic E-state index is -3.88. The van der Waals surface area contributed by atoms with Crippen molar-refractivity contribution in [3.05, 3.63) is 99.3 Å². The monoisotopic (exact) mass is 660 g/mol. The molecule has 238 valence electrons. The SMILES string of the molecule is N#Cc1cc(S(=O)(=O)N2CCC3(CCN(C(=O)c4ccc5c(c4)C(N(C(=O)c4ccccc4Cl)C4CC4)CC5)C3)CC2)ccc1F. The number of rotatable bonds is 6. The molecule has 7 rings (SSSR count). The average molecular weight is 661 g/mol. The Hall–Kier alpha value is -3.78. The summed E-state index contributed by atoms with van der Waals surface area (Å²) in [5.41, 5.74) is 2.83. The first kappa shape index (κ1) is 30.9. The van der Waals surface area contributed by atoms with E-state index in [0.717, 1.165) is 55.4 Å². The fraction of sp³-hybridized carbons (Fsp3) is 0.400. The van der Waals surface area contributed by atoms with E-state index in [1.165, 1.54) is 10.4 Å². The van der Waals surface area contributed by atoms with E-state index < -0.39 is 15.8 Å². The number of benzene rings is 3. The van der Waals surface area contributed by atoms with Gasteiger partial charge >= 0.3 is 0 Å². The summed E-state index contributed by atoms with van der Waals surface area (Å²) >= 11 is 6.42. The number of aryl methyl sites for hydroxylation is 1. The number of piperidine rings is 1. The highest BCUT2D eigenvalue weighted by molar-refractivity contribution is 7.89. The van der Waals surface area contributed by atoms with Gasteiger partial charge in [-0.15, -0.1) is 0 Å². The smallest absolute Gasteiger partial charge is 0.256 e. The molecule has 1 atom stereocenters. The van der Waals surface area contributed by atoms with Crippen LogP contribution >= 0.6 is 11.6 Å². The number of halogens is 2. The predicted molar refractivity (Wildman–Crippen MR) is 170 cm³/mol. The van der Waals surface area contributed by atoms with Gasteiger partial charge in [-0.25, -0.2) is 12.8 Å². The number of carbonyl (C=O) groups excluding carboxylic acids is 2. The van der Waals surface area contributed by atoms with E-state index in [0.29, 0.717) is 55.2 Å². The van der Waals surface area contributed by atoms with E-state index in [2.05, 4.69) is 0 Å². The predicted octanol–water partition coefficient (Wildman–Crippen LogP) is 5.96. The molecular weight excluding hydrogens is 627 g/mol. The summed E-state index contributed by atoms with van der Waals surface area (Å²) in [6, 6.07) is 18.1. The lowest BCUT2D eigenvalue weighted by molar-refractivity contribution is 0.0658. The van der Waals surface area contributed by atoms with Crippen LogP contribution in [-0.2, 0) is 16.4 Å². The molecular formula is C35H34ClFN4O4S. The molecule has 2 aliphatic heterocycles. The second-order valence-electron chi connectivity index (χ2n) is 13.0. The number of nitrogens with zero attached hydrogens (tertiary/aromatic N) is 4. The Morgan fingerprint density at radius 1 is 0.978 bits per heavy atom. The van der Waals surface area contributed by atoms with Crippen molar-refractivity contribution in [1.29, 1.82) is 5.26 Å². The van der Waals surface area contributed by atoms with Crippen LogP contribution in [0.5, 0.6) is 0 Å². The molecule has 0 N–H and O–H groups in total. The molecule has 1 unspecified atom stereocenters. The maximum atomic E-state index is 13.9. The minimum Gasteiger partial charge on any atom is -0.338 e. The van der Waals surface area contributed by atoms with E-state index in [1.54, 1.807) is 18.2 Å². The van der Waals surface area contributed by atoms with Gasteiger partial charge in [-0.05, 0) is 104 Å². The van der Waals surface area contributed by atoms with Crippen molar-refractivity contribution >= 4 is 33.4 Å². The molecule has 0 bridgehead atoms. The molecule has 11 heteroatoms. The third-order valence-electron chi connectivity index (χ3n) is 10.3. The van der Waals surface area contributed by atoms with Crippen LogP contribution in [0.2, 0.25) is 5.02 Å². The Kier molecular flexibility index (Phi) is 7.90. The van der Waals surface area contributed by atoms with Gasteiger partial charge in [0.15, 0.2) is 0 Å². The molecule has 0 radical (unpaired) electrons. The zero-order valence-electron chi connectivity index (χ0n) is 25.3. The van der Waals surface area contributed by atoms with Crippen LogP contribution in [0.3, 0.4) is 0 Å². The maximum absolute atomic E-state index is 13.9. The Balaban J connectivity index is 1.04. The van der Waals surface area contributed by atoms with Crippen molar-refractivity contribution < 1.29 is 22.4 Å². The molecule has 3 aromatic carbocycles. The van der Waals surface area contributed by atoms with Crippen molar-refractivity contribution in [1.82, 2.24) is 14.1 Å². The van der Waals surface area contributed by atoms with Gasteiger partial charge in [0.2, 0.25) is 10.0 Å². The summed E-state index contributed by atoms with van der Waals surface area (Å²) in [7, 11) is -3.88. The van der Waals surface area contributed by atoms with Crippen LogP contribution in [0, 0.1) is 22.6 Å². The highest BCUT2D eigenvalue weighted by Crippen LogP contribution is 2.45. The molecule has 1 spiro atoms. The lowest BCUT2D eigenvalue weighted by atomic mass is 9.78. The van der Waals surface area contributed by atoms with E-state index in [1.807, 2.05) is 40.1 Å². The summed E-state index contributed by atoms with van der Waals surface area (Å²) in [6.45, 7) is 1.73. The van der Waals surface area contributed by atoms with Gasteiger partial charge in [-0.1, -0.05) is 29.8 Å². The number of fused-ring (bicyclic) bond motifs is 1. The normalized spacial score (nSPS) is 20.8. The summed E-state index contributed by atoms with van der Waals surface area (Å²) in [5, 5.41) is 9.58. The second kappa shape index (κ2) is 11.8. The number of likely N-dealkylation sites (tertiary alicyclic amines) is 1. The lowest BCUT2D eigenvalue weighted by Gasteiger charge is -2.38. The topological polar surface area (TPSA) is 102 Å². The van der Waals surface area contributed by atoms with E-state index in [-0.39, 0.29) is 39.8 Å². The highest BCUT2D eigenvalue weighted by atomic mass is 35.5.